The second-order valence-corrected chi connectivity index (χ2v) is 6.49. The Kier molecular flexibility index (Phi) is 6.78. The first-order valence-electron chi connectivity index (χ1n) is 8.53. The van der Waals surface area contributed by atoms with Crippen LogP contribution in [0.2, 0.25) is 0 Å². The van der Waals surface area contributed by atoms with Crippen LogP contribution in [0.5, 0.6) is 0 Å². The van der Waals surface area contributed by atoms with Crippen LogP contribution in [0.4, 0.5) is 0 Å². The van der Waals surface area contributed by atoms with Gasteiger partial charge in [0.05, 0.1) is 6.54 Å². The van der Waals surface area contributed by atoms with Crippen LogP contribution in [0.1, 0.15) is 55.6 Å². The summed E-state index contributed by atoms with van der Waals surface area (Å²) < 4.78 is 5.43. The molecule has 132 valence electrons. The zero-order valence-corrected chi connectivity index (χ0v) is 15.5. The van der Waals surface area contributed by atoms with Gasteiger partial charge in [-0.2, -0.15) is 4.98 Å². The van der Waals surface area contributed by atoms with Gasteiger partial charge in [0.15, 0.2) is 5.82 Å². The lowest BCUT2D eigenvalue weighted by atomic mass is 10.0. The van der Waals surface area contributed by atoms with Crippen LogP contribution in [0.3, 0.4) is 0 Å². The molecule has 6 heteroatoms. The van der Waals surface area contributed by atoms with E-state index in [2.05, 4.69) is 65.4 Å². The van der Waals surface area contributed by atoms with Crippen molar-refractivity contribution >= 4 is 12.4 Å². The highest BCUT2D eigenvalue weighted by Gasteiger charge is 2.25. The van der Waals surface area contributed by atoms with Crippen molar-refractivity contribution in [1.82, 2.24) is 20.4 Å². The van der Waals surface area contributed by atoms with Crippen molar-refractivity contribution in [3.63, 3.8) is 0 Å². The van der Waals surface area contributed by atoms with Gasteiger partial charge < -0.3 is 9.84 Å². The van der Waals surface area contributed by atoms with E-state index in [1.165, 1.54) is 11.1 Å². The van der Waals surface area contributed by atoms with Gasteiger partial charge in [-0.1, -0.05) is 50.2 Å². The molecule has 1 aromatic carbocycles. The number of benzene rings is 1. The summed E-state index contributed by atoms with van der Waals surface area (Å²) in [4.78, 5) is 6.95. The zero-order chi connectivity index (χ0) is 16.2. The molecule has 0 spiro atoms. The number of rotatable bonds is 5. The summed E-state index contributed by atoms with van der Waals surface area (Å²) in [5, 5.41) is 7.57. The smallest absolute Gasteiger partial charge is 0.240 e. The van der Waals surface area contributed by atoms with E-state index in [0.717, 1.165) is 31.9 Å². The van der Waals surface area contributed by atoms with Gasteiger partial charge in [0.2, 0.25) is 5.89 Å². The Labute approximate surface area is 150 Å². The van der Waals surface area contributed by atoms with Crippen molar-refractivity contribution in [2.45, 2.75) is 45.7 Å². The van der Waals surface area contributed by atoms with Crippen molar-refractivity contribution in [3.8, 4) is 0 Å². The SMILES string of the molecule is CCc1ccc(C2CNCCN2Cc2nc(C(C)C)no2)cc1.Cl. The summed E-state index contributed by atoms with van der Waals surface area (Å²) in [6.45, 7) is 9.99. The fourth-order valence-corrected chi connectivity index (χ4v) is 2.98. The Bertz CT molecular complexity index is 626. The highest BCUT2D eigenvalue weighted by molar-refractivity contribution is 5.85. The maximum absolute atomic E-state index is 5.43. The van der Waals surface area contributed by atoms with E-state index >= 15 is 0 Å². The standard InChI is InChI=1S/C18H26N4O.ClH/c1-4-14-5-7-15(8-6-14)16-11-19-9-10-22(16)12-17-20-18(13(2)3)21-23-17;/h5-8,13,16,19H,4,9-12H2,1-3H3;1H. The van der Waals surface area contributed by atoms with Gasteiger partial charge in [0.1, 0.15) is 0 Å². The number of hydrogen-bond donors (Lipinski definition) is 1. The molecule has 1 aliphatic heterocycles. The number of nitrogens with zero attached hydrogens (tertiary/aromatic N) is 3. The summed E-state index contributed by atoms with van der Waals surface area (Å²) in [5.41, 5.74) is 2.72. The molecule has 1 aromatic heterocycles. The predicted octanol–water partition coefficient (Wildman–Crippen LogP) is 3.32. The van der Waals surface area contributed by atoms with E-state index in [-0.39, 0.29) is 12.4 Å². The average Bonchev–Trinajstić information content (AvgIpc) is 3.04. The minimum Gasteiger partial charge on any atom is -0.338 e. The first-order valence-corrected chi connectivity index (χ1v) is 8.53. The van der Waals surface area contributed by atoms with E-state index in [9.17, 15) is 0 Å². The Morgan fingerprint density at radius 3 is 2.67 bits per heavy atom. The number of hydrogen-bond acceptors (Lipinski definition) is 5. The van der Waals surface area contributed by atoms with Crippen LogP contribution in [0.15, 0.2) is 28.8 Å². The maximum Gasteiger partial charge on any atom is 0.240 e. The molecule has 3 rings (SSSR count). The lowest BCUT2D eigenvalue weighted by molar-refractivity contribution is 0.135. The number of piperazine rings is 1. The van der Waals surface area contributed by atoms with Gasteiger partial charge in [-0.15, -0.1) is 12.4 Å². The van der Waals surface area contributed by atoms with Crippen molar-refractivity contribution in [3.05, 3.63) is 47.1 Å². The molecule has 0 amide bonds. The van der Waals surface area contributed by atoms with E-state index in [4.69, 9.17) is 4.52 Å². The monoisotopic (exact) mass is 350 g/mol. The lowest BCUT2D eigenvalue weighted by Gasteiger charge is -2.35. The van der Waals surface area contributed by atoms with Crippen LogP contribution in [0.25, 0.3) is 0 Å². The molecular weight excluding hydrogens is 324 g/mol. The quantitative estimate of drug-likeness (QED) is 0.896. The minimum absolute atomic E-state index is 0. The Morgan fingerprint density at radius 1 is 1.29 bits per heavy atom. The summed E-state index contributed by atoms with van der Waals surface area (Å²) in [6, 6.07) is 9.30. The van der Waals surface area contributed by atoms with Crippen LogP contribution in [-0.4, -0.2) is 34.7 Å². The average molecular weight is 351 g/mol. The molecule has 0 aliphatic carbocycles. The van der Waals surface area contributed by atoms with E-state index in [1.54, 1.807) is 0 Å². The Morgan fingerprint density at radius 2 is 2.04 bits per heavy atom. The van der Waals surface area contributed by atoms with E-state index < -0.39 is 0 Å². The fourth-order valence-electron chi connectivity index (χ4n) is 2.98. The summed E-state index contributed by atoms with van der Waals surface area (Å²) in [6.07, 6.45) is 1.08. The topological polar surface area (TPSA) is 54.2 Å². The molecule has 1 saturated heterocycles. The molecule has 2 heterocycles. The lowest BCUT2D eigenvalue weighted by Crippen LogP contribution is -2.45. The largest absolute Gasteiger partial charge is 0.338 e. The molecule has 1 N–H and O–H groups in total. The van der Waals surface area contributed by atoms with Gasteiger partial charge >= 0.3 is 0 Å². The fraction of sp³-hybridized carbons (Fsp3) is 0.556. The number of nitrogens with one attached hydrogen (secondary N) is 1. The molecule has 1 unspecified atom stereocenters. The summed E-state index contributed by atoms with van der Waals surface area (Å²) in [7, 11) is 0. The van der Waals surface area contributed by atoms with Crippen LogP contribution >= 0.6 is 12.4 Å². The van der Waals surface area contributed by atoms with Crippen molar-refractivity contribution in [1.29, 1.82) is 0 Å². The van der Waals surface area contributed by atoms with Crippen LogP contribution < -0.4 is 5.32 Å². The van der Waals surface area contributed by atoms with E-state index in [1.807, 2.05) is 0 Å². The van der Waals surface area contributed by atoms with Gasteiger partial charge in [-0.3, -0.25) is 4.90 Å². The van der Waals surface area contributed by atoms with Crippen LogP contribution in [-0.2, 0) is 13.0 Å². The molecule has 0 bridgehead atoms. The first kappa shape index (κ1) is 18.9. The van der Waals surface area contributed by atoms with Crippen molar-refractivity contribution in [2.24, 2.45) is 0 Å². The molecule has 5 nitrogen and oxygen atoms in total. The third-order valence-corrected chi connectivity index (χ3v) is 4.47. The number of aryl methyl sites for hydroxylation is 1. The maximum atomic E-state index is 5.43. The molecular formula is C18H27ClN4O. The third-order valence-electron chi connectivity index (χ3n) is 4.47. The molecule has 1 fully saturated rings. The second kappa shape index (κ2) is 8.60. The molecule has 2 aromatic rings. The summed E-state index contributed by atoms with van der Waals surface area (Å²) in [5.74, 6) is 1.80. The number of halogens is 1. The van der Waals surface area contributed by atoms with Gasteiger partial charge in [0, 0.05) is 31.6 Å². The van der Waals surface area contributed by atoms with Crippen LogP contribution in [0, 0.1) is 0 Å². The second-order valence-electron chi connectivity index (χ2n) is 6.49. The first-order chi connectivity index (χ1) is 11.2. The predicted molar refractivity (Wildman–Crippen MR) is 97.5 cm³/mol. The van der Waals surface area contributed by atoms with Gasteiger partial charge in [0.25, 0.3) is 0 Å². The zero-order valence-electron chi connectivity index (χ0n) is 14.7. The highest BCUT2D eigenvalue weighted by atomic mass is 35.5. The summed E-state index contributed by atoms with van der Waals surface area (Å²) >= 11 is 0. The van der Waals surface area contributed by atoms with E-state index in [0.29, 0.717) is 24.4 Å². The number of aromatic nitrogens is 2. The normalized spacial score (nSPS) is 18.6. The van der Waals surface area contributed by atoms with Gasteiger partial charge in [-0.25, -0.2) is 0 Å². The van der Waals surface area contributed by atoms with Crippen molar-refractivity contribution in [2.75, 3.05) is 19.6 Å². The van der Waals surface area contributed by atoms with Crippen molar-refractivity contribution < 1.29 is 4.52 Å². The molecule has 0 radical (unpaired) electrons. The third kappa shape index (κ3) is 4.35. The Balaban J connectivity index is 0.00000208. The molecule has 1 atom stereocenters. The van der Waals surface area contributed by atoms with Gasteiger partial charge in [-0.05, 0) is 17.5 Å². The molecule has 0 saturated carbocycles. The Hall–Kier alpha value is -1.43. The minimum atomic E-state index is 0. The molecule has 1 aliphatic rings. The highest BCUT2D eigenvalue weighted by Crippen LogP contribution is 2.24. The molecule has 24 heavy (non-hydrogen) atoms.